The number of nitrogens with zero attached hydrogens (tertiary/aromatic N) is 1. The second-order valence-corrected chi connectivity index (χ2v) is 5.79. The van der Waals surface area contributed by atoms with Crippen LogP contribution in [0.1, 0.15) is 26.3 Å². The van der Waals surface area contributed by atoms with Crippen molar-refractivity contribution in [3.63, 3.8) is 0 Å². The minimum atomic E-state index is -0.675. The van der Waals surface area contributed by atoms with E-state index in [2.05, 4.69) is 10.5 Å². The Bertz CT molecular complexity index is 710. The maximum absolute atomic E-state index is 11.9. The molecule has 5 heteroatoms. The predicted octanol–water partition coefficient (Wildman–Crippen LogP) is 4.01. The molecule has 1 amide bonds. The van der Waals surface area contributed by atoms with Crippen LogP contribution in [0, 0.1) is 12.8 Å². The molecule has 2 rings (SSSR count). The highest BCUT2D eigenvalue weighted by molar-refractivity contribution is 6.21. The van der Waals surface area contributed by atoms with E-state index in [9.17, 15) is 9.59 Å². The molecule has 0 aliphatic heterocycles. The van der Waals surface area contributed by atoms with Crippen LogP contribution in [0.5, 0.6) is 0 Å². The number of carbonyl (C=O) groups excluding carboxylic acids is 2. The third-order valence-electron chi connectivity index (χ3n) is 3.48. The second kappa shape index (κ2) is 7.05. The number of aryl methyl sites for hydroxylation is 1. The molecular weight excluding hydrogens is 292 g/mol. The Hall–Kier alpha value is -2.69. The summed E-state index contributed by atoms with van der Waals surface area (Å²) in [4.78, 5) is 28.5. The van der Waals surface area contributed by atoms with E-state index in [4.69, 9.17) is 4.84 Å². The lowest BCUT2D eigenvalue weighted by molar-refractivity contribution is -0.111. The number of hydrogen-bond donors (Lipinski definition) is 1. The summed E-state index contributed by atoms with van der Waals surface area (Å²) in [6.45, 7) is 7.58. The SMILES string of the molecule is CC1=CC(=O)C(C(C)C)=CC1=NOC(=O)Nc1ccc(C)cc1. The highest BCUT2D eigenvalue weighted by atomic mass is 16.7. The first kappa shape index (κ1) is 16.7. The number of oxime groups is 1. The fourth-order valence-electron chi connectivity index (χ4n) is 2.10. The van der Waals surface area contributed by atoms with Crippen molar-refractivity contribution >= 4 is 23.3 Å². The molecule has 0 radical (unpaired) electrons. The molecule has 0 saturated carbocycles. The van der Waals surface area contributed by atoms with Crippen LogP contribution >= 0.6 is 0 Å². The van der Waals surface area contributed by atoms with Crippen molar-refractivity contribution < 1.29 is 14.4 Å². The third kappa shape index (κ3) is 4.39. The van der Waals surface area contributed by atoms with Crippen LogP contribution in [0.3, 0.4) is 0 Å². The van der Waals surface area contributed by atoms with Gasteiger partial charge in [-0.2, -0.15) is 0 Å². The lowest BCUT2D eigenvalue weighted by atomic mass is 9.90. The van der Waals surface area contributed by atoms with E-state index >= 15 is 0 Å². The lowest BCUT2D eigenvalue weighted by Gasteiger charge is -2.14. The minimum absolute atomic E-state index is 0.0273. The van der Waals surface area contributed by atoms with E-state index in [1.165, 1.54) is 6.08 Å². The van der Waals surface area contributed by atoms with Crippen LogP contribution in [0.25, 0.3) is 0 Å². The fourth-order valence-corrected chi connectivity index (χ4v) is 2.10. The first-order chi connectivity index (χ1) is 10.9. The zero-order chi connectivity index (χ0) is 17.0. The molecule has 0 atom stereocenters. The van der Waals surface area contributed by atoms with Crippen LogP contribution in [0.2, 0.25) is 0 Å². The summed E-state index contributed by atoms with van der Waals surface area (Å²) in [7, 11) is 0. The van der Waals surface area contributed by atoms with Crippen LogP contribution in [0.15, 0.2) is 52.7 Å². The Labute approximate surface area is 135 Å². The Morgan fingerprint density at radius 3 is 2.39 bits per heavy atom. The largest absolute Gasteiger partial charge is 0.437 e. The molecule has 1 aliphatic rings. The van der Waals surface area contributed by atoms with E-state index in [-0.39, 0.29) is 11.7 Å². The van der Waals surface area contributed by atoms with Gasteiger partial charge in [0.2, 0.25) is 0 Å². The van der Waals surface area contributed by atoms with Gasteiger partial charge in [-0.3, -0.25) is 14.9 Å². The van der Waals surface area contributed by atoms with Gasteiger partial charge in [-0.15, -0.1) is 0 Å². The maximum atomic E-state index is 11.9. The topological polar surface area (TPSA) is 67.8 Å². The van der Waals surface area contributed by atoms with Crippen LogP contribution in [-0.2, 0) is 9.63 Å². The molecule has 0 saturated heterocycles. The number of amides is 1. The van der Waals surface area contributed by atoms with Gasteiger partial charge in [0.05, 0.1) is 0 Å². The van der Waals surface area contributed by atoms with Crippen molar-refractivity contribution in [3.05, 3.63) is 53.1 Å². The highest BCUT2D eigenvalue weighted by Crippen LogP contribution is 2.19. The van der Waals surface area contributed by atoms with Crippen molar-refractivity contribution in [1.82, 2.24) is 0 Å². The number of rotatable bonds is 3. The number of anilines is 1. The number of nitrogens with one attached hydrogen (secondary N) is 1. The summed E-state index contributed by atoms with van der Waals surface area (Å²) in [5.41, 5.74) is 3.53. The molecule has 1 aliphatic carbocycles. The van der Waals surface area contributed by atoms with Gasteiger partial charge in [0.25, 0.3) is 0 Å². The maximum Gasteiger partial charge on any atom is 0.437 e. The molecule has 0 aromatic heterocycles. The monoisotopic (exact) mass is 312 g/mol. The van der Waals surface area contributed by atoms with Crippen LogP contribution in [0.4, 0.5) is 10.5 Å². The molecular formula is C18H20N2O3. The molecule has 1 aromatic carbocycles. The van der Waals surface area contributed by atoms with Crippen molar-refractivity contribution in [2.75, 3.05) is 5.32 Å². The normalized spacial score (nSPS) is 16.2. The van der Waals surface area contributed by atoms with Crippen molar-refractivity contribution in [1.29, 1.82) is 0 Å². The molecule has 0 bridgehead atoms. The van der Waals surface area contributed by atoms with Gasteiger partial charge >= 0.3 is 6.09 Å². The molecule has 23 heavy (non-hydrogen) atoms. The molecule has 120 valence electrons. The fraction of sp³-hybridized carbons (Fsp3) is 0.278. The second-order valence-electron chi connectivity index (χ2n) is 5.79. The predicted molar refractivity (Wildman–Crippen MR) is 90.4 cm³/mol. The minimum Gasteiger partial charge on any atom is -0.297 e. The summed E-state index contributed by atoms with van der Waals surface area (Å²) in [6.07, 6.45) is 2.50. The van der Waals surface area contributed by atoms with Gasteiger partial charge in [-0.25, -0.2) is 4.79 Å². The van der Waals surface area contributed by atoms with E-state index in [0.29, 0.717) is 22.5 Å². The molecule has 1 aromatic rings. The average molecular weight is 312 g/mol. The summed E-state index contributed by atoms with van der Waals surface area (Å²) < 4.78 is 0. The van der Waals surface area contributed by atoms with E-state index in [1.54, 1.807) is 25.1 Å². The van der Waals surface area contributed by atoms with Crippen LogP contribution < -0.4 is 5.32 Å². The Morgan fingerprint density at radius 2 is 1.78 bits per heavy atom. The zero-order valence-electron chi connectivity index (χ0n) is 13.7. The average Bonchev–Trinajstić information content (AvgIpc) is 2.48. The van der Waals surface area contributed by atoms with Crippen molar-refractivity contribution in [2.45, 2.75) is 27.7 Å². The van der Waals surface area contributed by atoms with E-state index in [1.807, 2.05) is 32.9 Å². The highest BCUT2D eigenvalue weighted by Gasteiger charge is 2.19. The first-order valence-electron chi connectivity index (χ1n) is 7.44. The van der Waals surface area contributed by atoms with Gasteiger partial charge in [0.1, 0.15) is 5.71 Å². The molecule has 0 spiro atoms. The molecule has 5 nitrogen and oxygen atoms in total. The Balaban J connectivity index is 2.06. The summed E-state index contributed by atoms with van der Waals surface area (Å²) in [5.74, 6) is 0.0546. The number of hydrogen-bond acceptors (Lipinski definition) is 4. The standard InChI is InChI=1S/C18H20N2O3/c1-11(2)15-10-16(13(4)9-17(15)21)20-23-18(22)19-14-7-5-12(3)6-8-14/h5-11H,1-4H3,(H,19,22). The van der Waals surface area contributed by atoms with Gasteiger partial charge in [0.15, 0.2) is 5.78 Å². The van der Waals surface area contributed by atoms with Crippen molar-refractivity contribution in [3.8, 4) is 0 Å². The number of allylic oxidation sites excluding steroid dienone is 4. The molecule has 0 fully saturated rings. The van der Waals surface area contributed by atoms with Gasteiger partial charge < -0.3 is 0 Å². The van der Waals surface area contributed by atoms with Crippen molar-refractivity contribution in [2.24, 2.45) is 11.1 Å². The molecule has 1 N–H and O–H groups in total. The van der Waals surface area contributed by atoms with E-state index < -0.39 is 6.09 Å². The lowest BCUT2D eigenvalue weighted by Crippen LogP contribution is -2.17. The number of carbonyl (C=O) groups is 2. The quantitative estimate of drug-likeness (QED) is 0.521. The molecule has 0 unspecified atom stereocenters. The summed E-state index contributed by atoms with van der Waals surface area (Å²) in [6, 6.07) is 7.34. The Morgan fingerprint density at radius 1 is 1.13 bits per heavy atom. The summed E-state index contributed by atoms with van der Waals surface area (Å²) in [5, 5.41) is 6.44. The van der Waals surface area contributed by atoms with Gasteiger partial charge in [-0.05, 0) is 49.6 Å². The smallest absolute Gasteiger partial charge is 0.297 e. The first-order valence-corrected chi connectivity index (χ1v) is 7.44. The molecule has 0 heterocycles. The van der Waals surface area contributed by atoms with Crippen LogP contribution in [-0.4, -0.2) is 17.6 Å². The Kier molecular flexibility index (Phi) is 5.11. The zero-order valence-corrected chi connectivity index (χ0v) is 13.7. The van der Waals surface area contributed by atoms with Gasteiger partial charge in [-0.1, -0.05) is 36.7 Å². The van der Waals surface area contributed by atoms with E-state index in [0.717, 1.165) is 5.56 Å². The summed E-state index contributed by atoms with van der Waals surface area (Å²) >= 11 is 0. The third-order valence-corrected chi connectivity index (χ3v) is 3.48. The van der Waals surface area contributed by atoms with Gasteiger partial charge in [0, 0.05) is 11.3 Å². The number of ketones is 1. The number of benzene rings is 1.